The van der Waals surface area contributed by atoms with Crippen LogP contribution >= 0.6 is 23.4 Å². The molecule has 2 rings (SSSR count). The summed E-state index contributed by atoms with van der Waals surface area (Å²) >= 11 is 7.80. The summed E-state index contributed by atoms with van der Waals surface area (Å²) in [7, 11) is 3.05. The molecule has 1 amide bonds. The average molecular weight is 379 g/mol. The zero-order chi connectivity index (χ0) is 18.2. The highest BCUT2D eigenvalue weighted by atomic mass is 35.5. The molecule has 0 saturated heterocycles. The molecule has 1 N–H and O–H groups in total. The summed E-state index contributed by atoms with van der Waals surface area (Å²) < 4.78 is 10.4. The number of amides is 1. The number of rotatable bonds is 7. The Hall–Kier alpha value is -2.18. The van der Waals surface area contributed by atoms with E-state index in [1.165, 1.54) is 20.3 Å². The number of anilines is 1. The van der Waals surface area contributed by atoms with E-state index in [0.29, 0.717) is 22.2 Å². The quantitative estimate of drug-likeness (QED) is 0.567. The summed E-state index contributed by atoms with van der Waals surface area (Å²) in [5.74, 6) is 1.66. The minimum absolute atomic E-state index is 0.261. The third-order valence-electron chi connectivity index (χ3n) is 3.18. The predicted molar refractivity (Wildman–Crippen MR) is 103 cm³/mol. The van der Waals surface area contributed by atoms with Gasteiger partial charge in [0.25, 0.3) is 0 Å². The van der Waals surface area contributed by atoms with Crippen LogP contribution < -0.4 is 14.8 Å². The molecule has 1 heterocycles. The lowest BCUT2D eigenvalue weighted by atomic mass is 10.2. The molecule has 132 valence electrons. The number of thioether (sulfide) groups is 1. The fourth-order valence-corrected chi connectivity index (χ4v) is 2.96. The van der Waals surface area contributed by atoms with E-state index in [4.69, 9.17) is 21.1 Å². The first-order chi connectivity index (χ1) is 12.1. The summed E-state index contributed by atoms with van der Waals surface area (Å²) in [6.45, 7) is 2.06. The fraction of sp³-hybridized carbons (Fsp3) is 0.222. The maximum absolute atomic E-state index is 12.0. The normalized spacial score (nSPS) is 10.7. The molecule has 0 aliphatic rings. The van der Waals surface area contributed by atoms with E-state index in [1.807, 2.05) is 12.1 Å². The van der Waals surface area contributed by atoms with Crippen molar-refractivity contribution in [2.24, 2.45) is 0 Å². The summed E-state index contributed by atoms with van der Waals surface area (Å²) in [5.41, 5.74) is 1.37. The number of ether oxygens (including phenoxy) is 2. The average Bonchev–Trinajstić information content (AvgIpc) is 2.61. The van der Waals surface area contributed by atoms with E-state index in [0.717, 1.165) is 16.3 Å². The number of carbonyl (C=O) groups excluding carboxylic acids is 1. The molecule has 25 heavy (non-hydrogen) atoms. The van der Waals surface area contributed by atoms with Gasteiger partial charge in [0.05, 0.1) is 36.2 Å². The number of pyridine rings is 1. The smallest absolute Gasteiger partial charge is 0.248 e. The van der Waals surface area contributed by atoms with Gasteiger partial charge < -0.3 is 14.8 Å². The van der Waals surface area contributed by atoms with Crippen molar-refractivity contribution in [1.82, 2.24) is 4.98 Å². The van der Waals surface area contributed by atoms with Gasteiger partial charge in [0.15, 0.2) is 11.5 Å². The highest BCUT2D eigenvalue weighted by molar-refractivity contribution is 7.99. The van der Waals surface area contributed by atoms with Gasteiger partial charge in [0, 0.05) is 6.08 Å². The van der Waals surface area contributed by atoms with Crippen LogP contribution in [0.1, 0.15) is 12.5 Å². The number of carbonyl (C=O) groups is 1. The first kappa shape index (κ1) is 19.1. The highest BCUT2D eigenvalue weighted by Crippen LogP contribution is 2.36. The van der Waals surface area contributed by atoms with Crippen molar-refractivity contribution in [2.75, 3.05) is 25.3 Å². The van der Waals surface area contributed by atoms with Crippen molar-refractivity contribution in [1.29, 1.82) is 0 Å². The number of hydrogen-bond acceptors (Lipinski definition) is 5. The number of benzene rings is 1. The third kappa shape index (κ3) is 5.41. The maximum atomic E-state index is 12.0. The van der Waals surface area contributed by atoms with Crippen LogP contribution in [0.15, 0.2) is 41.6 Å². The van der Waals surface area contributed by atoms with Crippen LogP contribution in [-0.2, 0) is 4.79 Å². The Balaban J connectivity index is 2.06. The van der Waals surface area contributed by atoms with Gasteiger partial charge in [-0.25, -0.2) is 4.98 Å². The van der Waals surface area contributed by atoms with Gasteiger partial charge in [0.1, 0.15) is 0 Å². The van der Waals surface area contributed by atoms with Crippen molar-refractivity contribution in [3.05, 3.63) is 47.1 Å². The lowest BCUT2D eigenvalue weighted by Crippen LogP contribution is -2.07. The Labute approximate surface area is 156 Å². The van der Waals surface area contributed by atoms with Crippen molar-refractivity contribution in [3.8, 4) is 11.5 Å². The van der Waals surface area contributed by atoms with Crippen LogP contribution in [0, 0.1) is 0 Å². The second kappa shape index (κ2) is 9.34. The second-order valence-electron chi connectivity index (χ2n) is 4.88. The number of halogens is 1. The molecule has 0 atom stereocenters. The number of nitrogens with zero attached hydrogens (tertiary/aromatic N) is 1. The summed E-state index contributed by atoms with van der Waals surface area (Å²) in [4.78, 5) is 16.3. The van der Waals surface area contributed by atoms with Crippen LogP contribution in [-0.4, -0.2) is 30.9 Å². The zero-order valence-electron chi connectivity index (χ0n) is 14.2. The zero-order valence-corrected chi connectivity index (χ0v) is 15.8. The largest absolute Gasteiger partial charge is 0.493 e. The van der Waals surface area contributed by atoms with Crippen LogP contribution in [0.25, 0.3) is 6.08 Å². The van der Waals surface area contributed by atoms with Crippen LogP contribution in [0.3, 0.4) is 0 Å². The predicted octanol–water partition coefficient (Wildman–Crippen LogP) is 4.52. The fourth-order valence-electron chi connectivity index (χ4n) is 2.08. The van der Waals surface area contributed by atoms with Crippen molar-refractivity contribution in [3.63, 3.8) is 0 Å². The molecule has 2 aromatic rings. The van der Waals surface area contributed by atoms with Gasteiger partial charge in [-0.3, -0.25) is 4.79 Å². The molecule has 7 heteroatoms. The number of hydrogen-bond donors (Lipinski definition) is 1. The topological polar surface area (TPSA) is 60.5 Å². The van der Waals surface area contributed by atoms with E-state index in [9.17, 15) is 4.79 Å². The molecule has 0 spiro atoms. The molecule has 1 aromatic heterocycles. The first-order valence-corrected chi connectivity index (χ1v) is 8.93. The van der Waals surface area contributed by atoms with E-state index in [-0.39, 0.29) is 5.91 Å². The van der Waals surface area contributed by atoms with Gasteiger partial charge in [-0.2, -0.15) is 0 Å². The van der Waals surface area contributed by atoms with E-state index < -0.39 is 0 Å². The van der Waals surface area contributed by atoms with E-state index >= 15 is 0 Å². The lowest BCUT2D eigenvalue weighted by molar-refractivity contribution is -0.111. The monoisotopic (exact) mass is 378 g/mol. The Morgan fingerprint density at radius 2 is 2.12 bits per heavy atom. The first-order valence-electron chi connectivity index (χ1n) is 7.56. The van der Waals surface area contributed by atoms with Gasteiger partial charge in [-0.1, -0.05) is 18.5 Å². The highest BCUT2D eigenvalue weighted by Gasteiger charge is 2.10. The van der Waals surface area contributed by atoms with Crippen LogP contribution in [0.2, 0.25) is 5.02 Å². The van der Waals surface area contributed by atoms with Gasteiger partial charge in [0.2, 0.25) is 5.91 Å². The third-order valence-corrected chi connectivity index (χ3v) is 4.29. The molecule has 0 fully saturated rings. The Morgan fingerprint density at radius 3 is 2.72 bits per heavy atom. The Kier molecular flexibility index (Phi) is 7.16. The standard InChI is InChI=1S/C18H19ClN2O3S/c1-4-25-17-8-6-13(11-20-17)21-16(22)7-5-12-9-14(19)18(24-3)15(10-12)23-2/h5-11H,4H2,1-3H3,(H,21,22)/b7-5+. The molecule has 0 aliphatic heterocycles. The summed E-state index contributed by atoms with van der Waals surface area (Å²) in [5, 5.41) is 4.10. The van der Waals surface area contributed by atoms with Crippen LogP contribution in [0.4, 0.5) is 5.69 Å². The Morgan fingerprint density at radius 1 is 1.32 bits per heavy atom. The van der Waals surface area contributed by atoms with Gasteiger partial charge in [-0.15, -0.1) is 11.8 Å². The van der Waals surface area contributed by atoms with Gasteiger partial charge in [-0.05, 0) is 41.7 Å². The summed E-state index contributed by atoms with van der Waals surface area (Å²) in [6.07, 6.45) is 4.71. The minimum atomic E-state index is -0.261. The Bertz CT molecular complexity index is 764. The molecular formula is C18H19ClN2O3S. The molecule has 0 saturated carbocycles. The van der Waals surface area contributed by atoms with Crippen molar-refractivity contribution >= 4 is 41.0 Å². The summed E-state index contributed by atoms with van der Waals surface area (Å²) in [6, 6.07) is 7.14. The van der Waals surface area contributed by atoms with E-state index in [1.54, 1.807) is 36.2 Å². The number of nitrogens with one attached hydrogen (secondary N) is 1. The number of methoxy groups -OCH3 is 2. The maximum Gasteiger partial charge on any atom is 0.248 e. The SMILES string of the molecule is CCSc1ccc(NC(=O)/C=C/c2cc(Cl)c(OC)c(OC)c2)cn1. The van der Waals surface area contributed by atoms with Crippen LogP contribution in [0.5, 0.6) is 11.5 Å². The molecule has 0 radical (unpaired) electrons. The van der Waals surface area contributed by atoms with Crippen molar-refractivity contribution in [2.45, 2.75) is 11.9 Å². The molecule has 0 unspecified atom stereocenters. The molecule has 1 aromatic carbocycles. The van der Waals surface area contributed by atoms with Crippen molar-refractivity contribution < 1.29 is 14.3 Å². The second-order valence-corrected chi connectivity index (χ2v) is 6.57. The van der Waals surface area contributed by atoms with E-state index in [2.05, 4.69) is 17.2 Å². The van der Waals surface area contributed by atoms with Gasteiger partial charge >= 0.3 is 0 Å². The molecule has 5 nitrogen and oxygen atoms in total. The molecular weight excluding hydrogens is 360 g/mol. The molecule has 0 aliphatic carbocycles. The lowest BCUT2D eigenvalue weighted by Gasteiger charge is -2.10. The number of aromatic nitrogens is 1. The minimum Gasteiger partial charge on any atom is -0.493 e. The molecule has 0 bridgehead atoms.